The van der Waals surface area contributed by atoms with Gasteiger partial charge in [-0.3, -0.25) is 24.1 Å². The SMILES string of the molecule is C=C/C=C\C(=C/C)N1C(=O)/C(=C/[C@@H]2C(=O)N(c3ccccc3)N=C2C)C(=O)N=C1SCC(=O)NC(c1ccccc1)c1ccccc1. The fraction of sp³-hybridized carbons (Fsp3) is 0.135. The second-order valence-electron chi connectivity index (χ2n) is 10.5. The molecule has 1 N–H and O–H groups in total. The molecule has 0 unspecified atom stereocenters. The fourth-order valence-electron chi connectivity index (χ4n) is 5.10. The lowest BCUT2D eigenvalue weighted by Gasteiger charge is -2.28. The molecule has 236 valence electrons. The predicted molar refractivity (Wildman–Crippen MR) is 186 cm³/mol. The number of allylic oxidation sites excluding steroid dienone is 4. The summed E-state index contributed by atoms with van der Waals surface area (Å²) in [4.78, 5) is 59.7. The number of amidine groups is 1. The first-order valence-corrected chi connectivity index (χ1v) is 15.9. The Morgan fingerprint density at radius 2 is 1.55 bits per heavy atom. The number of carbonyl (C=O) groups excluding carboxylic acids is 4. The number of carbonyl (C=O) groups is 4. The smallest absolute Gasteiger partial charge is 0.284 e. The number of nitrogens with one attached hydrogen (secondary N) is 1. The highest BCUT2D eigenvalue weighted by molar-refractivity contribution is 8.14. The van der Waals surface area contributed by atoms with Crippen LogP contribution in [0.1, 0.15) is 31.0 Å². The van der Waals surface area contributed by atoms with Crippen molar-refractivity contribution >= 4 is 52.0 Å². The summed E-state index contributed by atoms with van der Waals surface area (Å²) in [6.07, 6.45) is 7.87. The van der Waals surface area contributed by atoms with E-state index in [1.54, 1.807) is 62.4 Å². The van der Waals surface area contributed by atoms with Crippen molar-refractivity contribution in [3.05, 3.63) is 150 Å². The Morgan fingerprint density at radius 1 is 0.957 bits per heavy atom. The van der Waals surface area contributed by atoms with Crippen LogP contribution in [-0.4, -0.2) is 45.2 Å². The van der Waals surface area contributed by atoms with Crippen molar-refractivity contribution in [3.63, 3.8) is 0 Å². The number of para-hydroxylation sites is 1. The van der Waals surface area contributed by atoms with E-state index in [2.05, 4.69) is 22.0 Å². The van der Waals surface area contributed by atoms with Crippen LogP contribution in [0.4, 0.5) is 5.69 Å². The van der Waals surface area contributed by atoms with Gasteiger partial charge in [0.15, 0.2) is 5.17 Å². The van der Waals surface area contributed by atoms with Crippen LogP contribution >= 0.6 is 11.8 Å². The average molecular weight is 644 g/mol. The van der Waals surface area contributed by atoms with Gasteiger partial charge in [-0.15, -0.1) is 0 Å². The number of benzene rings is 3. The van der Waals surface area contributed by atoms with Gasteiger partial charge in [-0.2, -0.15) is 15.1 Å². The number of thioether (sulfide) groups is 1. The van der Waals surface area contributed by atoms with E-state index in [-0.39, 0.29) is 22.4 Å². The highest BCUT2D eigenvalue weighted by atomic mass is 32.2. The minimum absolute atomic E-state index is 0.0409. The summed E-state index contributed by atoms with van der Waals surface area (Å²) in [6, 6.07) is 27.7. The zero-order valence-corrected chi connectivity index (χ0v) is 26.8. The first-order chi connectivity index (χ1) is 22.8. The van der Waals surface area contributed by atoms with Crippen molar-refractivity contribution in [2.75, 3.05) is 10.8 Å². The van der Waals surface area contributed by atoms with Gasteiger partial charge in [-0.1, -0.05) is 115 Å². The molecular weight excluding hydrogens is 611 g/mol. The van der Waals surface area contributed by atoms with Crippen molar-refractivity contribution < 1.29 is 19.2 Å². The average Bonchev–Trinajstić information content (AvgIpc) is 3.38. The molecule has 5 rings (SSSR count). The largest absolute Gasteiger partial charge is 0.344 e. The van der Waals surface area contributed by atoms with Gasteiger partial charge < -0.3 is 5.32 Å². The summed E-state index contributed by atoms with van der Waals surface area (Å²) in [5, 5.41) is 8.76. The molecular formula is C37H33N5O4S. The molecule has 0 aromatic heterocycles. The van der Waals surface area contributed by atoms with E-state index in [1.165, 1.54) is 16.0 Å². The molecule has 9 nitrogen and oxygen atoms in total. The number of nitrogens with zero attached hydrogens (tertiary/aromatic N) is 4. The number of hydrogen-bond donors (Lipinski definition) is 1. The van der Waals surface area contributed by atoms with Crippen molar-refractivity contribution in [3.8, 4) is 0 Å². The van der Waals surface area contributed by atoms with Gasteiger partial charge in [-0.05, 0) is 49.3 Å². The lowest BCUT2D eigenvalue weighted by atomic mass is 9.99. The lowest BCUT2D eigenvalue weighted by molar-refractivity contribution is -0.126. The topological polar surface area (TPSA) is 112 Å². The van der Waals surface area contributed by atoms with Crippen LogP contribution in [-0.2, 0) is 19.2 Å². The number of rotatable bonds is 10. The maximum atomic E-state index is 14.0. The van der Waals surface area contributed by atoms with Crippen LogP contribution in [0, 0.1) is 5.92 Å². The van der Waals surface area contributed by atoms with Gasteiger partial charge in [0.25, 0.3) is 17.7 Å². The molecule has 0 spiro atoms. The Morgan fingerprint density at radius 3 is 2.13 bits per heavy atom. The molecule has 3 aromatic rings. The molecule has 0 aliphatic carbocycles. The third kappa shape index (κ3) is 7.45. The number of aliphatic imine (C=N–C) groups is 1. The summed E-state index contributed by atoms with van der Waals surface area (Å²) >= 11 is 0.970. The summed E-state index contributed by atoms with van der Waals surface area (Å²) in [7, 11) is 0. The number of hydrogen-bond acceptors (Lipinski definition) is 6. The minimum atomic E-state index is -0.930. The number of anilines is 1. The van der Waals surface area contributed by atoms with Gasteiger partial charge in [0, 0.05) is 5.70 Å². The zero-order chi connectivity index (χ0) is 33.3. The van der Waals surface area contributed by atoms with Crippen LogP contribution in [0.3, 0.4) is 0 Å². The first-order valence-electron chi connectivity index (χ1n) is 14.9. The molecule has 47 heavy (non-hydrogen) atoms. The molecule has 10 heteroatoms. The molecule has 1 atom stereocenters. The molecule has 0 saturated carbocycles. The van der Waals surface area contributed by atoms with E-state index in [1.807, 2.05) is 66.7 Å². The Kier molecular flexibility index (Phi) is 10.5. The van der Waals surface area contributed by atoms with E-state index in [4.69, 9.17) is 0 Å². The molecule has 2 heterocycles. The molecule has 0 saturated heterocycles. The van der Waals surface area contributed by atoms with Crippen molar-refractivity contribution in [1.82, 2.24) is 10.2 Å². The van der Waals surface area contributed by atoms with Crippen LogP contribution in [0.2, 0.25) is 0 Å². The van der Waals surface area contributed by atoms with E-state index in [0.717, 1.165) is 22.9 Å². The summed E-state index contributed by atoms with van der Waals surface area (Å²) in [5.41, 5.74) is 2.98. The Balaban J connectivity index is 1.41. The van der Waals surface area contributed by atoms with Crippen LogP contribution in [0.15, 0.2) is 149 Å². The standard InChI is InChI=1S/C37H33N5O4S/c1-4-6-20-28(5-2)41-35(45)31(23-30-25(3)40-42(36(30)46)29-21-14-9-15-22-29)34(44)39-37(41)47-24-32(43)38-33(26-16-10-7-11-17-26)27-18-12-8-13-19-27/h4-23,30,33H,1,24H2,2-3H3,(H,38,43)/b20-6-,28-5+,31-23+/t30-/m0/s1. The number of amides is 4. The van der Waals surface area contributed by atoms with Crippen molar-refractivity contribution in [2.24, 2.45) is 16.0 Å². The van der Waals surface area contributed by atoms with E-state index >= 15 is 0 Å². The first kappa shape index (κ1) is 32.8. The van der Waals surface area contributed by atoms with Crippen LogP contribution < -0.4 is 10.3 Å². The summed E-state index contributed by atoms with van der Waals surface area (Å²) < 4.78 is 0. The highest BCUT2D eigenvalue weighted by Crippen LogP contribution is 2.30. The van der Waals surface area contributed by atoms with E-state index in [9.17, 15) is 19.2 Å². The van der Waals surface area contributed by atoms with Crippen LogP contribution in [0.5, 0.6) is 0 Å². The van der Waals surface area contributed by atoms with E-state index in [0.29, 0.717) is 17.1 Å². The normalized spacial score (nSPS) is 17.9. The Bertz CT molecular complexity index is 1790. The van der Waals surface area contributed by atoms with E-state index < -0.39 is 29.7 Å². The van der Waals surface area contributed by atoms with Crippen molar-refractivity contribution in [1.29, 1.82) is 0 Å². The summed E-state index contributed by atoms with van der Waals surface area (Å²) in [5.74, 6) is -3.22. The summed E-state index contributed by atoms with van der Waals surface area (Å²) in [6.45, 7) is 7.12. The molecule has 2 aliphatic heterocycles. The molecule has 0 radical (unpaired) electrons. The van der Waals surface area contributed by atoms with Crippen molar-refractivity contribution in [2.45, 2.75) is 19.9 Å². The fourth-order valence-corrected chi connectivity index (χ4v) is 5.91. The molecule has 3 aromatic carbocycles. The van der Waals surface area contributed by atoms with Crippen LogP contribution in [0.25, 0.3) is 0 Å². The lowest BCUT2D eigenvalue weighted by Crippen LogP contribution is -2.42. The second kappa shape index (κ2) is 15.1. The third-order valence-electron chi connectivity index (χ3n) is 7.43. The maximum absolute atomic E-state index is 14.0. The zero-order valence-electron chi connectivity index (χ0n) is 25.9. The highest BCUT2D eigenvalue weighted by Gasteiger charge is 2.39. The monoisotopic (exact) mass is 643 g/mol. The minimum Gasteiger partial charge on any atom is -0.344 e. The Hall–Kier alpha value is -5.61. The second-order valence-corrected chi connectivity index (χ2v) is 11.5. The van der Waals surface area contributed by atoms with Gasteiger partial charge in [0.1, 0.15) is 5.57 Å². The van der Waals surface area contributed by atoms with Gasteiger partial charge in [-0.25, -0.2) is 0 Å². The third-order valence-corrected chi connectivity index (χ3v) is 8.37. The quantitative estimate of drug-likeness (QED) is 0.167. The maximum Gasteiger partial charge on any atom is 0.284 e. The number of hydrazone groups is 1. The molecule has 0 fully saturated rings. The van der Waals surface area contributed by atoms with Gasteiger partial charge in [0.05, 0.1) is 29.1 Å². The predicted octanol–water partition coefficient (Wildman–Crippen LogP) is 5.96. The molecule has 0 bridgehead atoms. The Labute approximate surface area is 277 Å². The molecule has 2 aliphatic rings. The molecule has 4 amide bonds. The van der Waals surface area contributed by atoms with Gasteiger partial charge >= 0.3 is 0 Å². The van der Waals surface area contributed by atoms with Gasteiger partial charge in [0.2, 0.25) is 5.91 Å².